The molecule has 0 N–H and O–H groups in total. The Bertz CT molecular complexity index is 967. The van der Waals surface area contributed by atoms with Crippen molar-refractivity contribution >= 4 is 11.6 Å². The van der Waals surface area contributed by atoms with Crippen LogP contribution in [-0.2, 0) is 6.18 Å². The van der Waals surface area contributed by atoms with Crippen LogP contribution in [0.25, 0.3) is 0 Å². The smallest absolute Gasteiger partial charge is 0.423 e. The molecule has 8 heteroatoms. The van der Waals surface area contributed by atoms with Crippen molar-refractivity contribution in [1.82, 2.24) is 9.97 Å². The number of rotatable bonds is 4. The van der Waals surface area contributed by atoms with Crippen LogP contribution in [0.1, 0.15) is 11.1 Å². The number of benzene rings is 2. The lowest BCUT2D eigenvalue weighted by atomic mass is 10.2. The minimum Gasteiger partial charge on any atom is -0.438 e. The van der Waals surface area contributed by atoms with E-state index in [4.69, 9.17) is 10.00 Å². The molecule has 0 aliphatic carbocycles. The van der Waals surface area contributed by atoms with E-state index < -0.39 is 17.6 Å². The van der Waals surface area contributed by atoms with Crippen LogP contribution in [0.3, 0.4) is 0 Å². The maximum Gasteiger partial charge on any atom is 0.423 e. The van der Waals surface area contributed by atoms with Crippen molar-refractivity contribution in [3.05, 3.63) is 71.9 Å². The zero-order valence-corrected chi connectivity index (χ0v) is 14.1. The Morgan fingerprint density at radius 1 is 1.04 bits per heavy atom. The van der Waals surface area contributed by atoms with Gasteiger partial charge in [-0.1, -0.05) is 18.2 Å². The van der Waals surface area contributed by atoms with Crippen LogP contribution < -0.4 is 9.64 Å². The number of nitriles is 1. The van der Waals surface area contributed by atoms with Crippen LogP contribution in [-0.4, -0.2) is 17.0 Å². The SMILES string of the molecule is CN(c1ccc(C#N)cc1)c1ncc(C(F)(F)F)c(Oc2ccccc2)n1. The predicted molar refractivity (Wildman–Crippen MR) is 92.8 cm³/mol. The monoisotopic (exact) mass is 370 g/mol. The topological polar surface area (TPSA) is 62.0 Å². The van der Waals surface area contributed by atoms with Crippen LogP contribution in [0.5, 0.6) is 11.6 Å². The largest absolute Gasteiger partial charge is 0.438 e. The summed E-state index contributed by atoms with van der Waals surface area (Å²) in [4.78, 5) is 9.28. The molecule has 3 rings (SSSR count). The molecule has 1 aromatic heterocycles. The Morgan fingerprint density at radius 2 is 1.70 bits per heavy atom. The first-order valence-corrected chi connectivity index (χ1v) is 7.79. The molecule has 3 aromatic rings. The molecule has 0 spiro atoms. The average molecular weight is 370 g/mol. The molecule has 0 saturated carbocycles. The summed E-state index contributed by atoms with van der Waals surface area (Å²) in [6.07, 6.45) is -3.96. The van der Waals surface area contributed by atoms with E-state index in [1.807, 2.05) is 6.07 Å². The van der Waals surface area contributed by atoms with E-state index in [0.29, 0.717) is 17.4 Å². The lowest BCUT2D eigenvalue weighted by Crippen LogP contribution is -2.16. The highest BCUT2D eigenvalue weighted by molar-refractivity contribution is 5.58. The van der Waals surface area contributed by atoms with Gasteiger partial charge in [0.15, 0.2) is 0 Å². The maximum absolute atomic E-state index is 13.3. The standard InChI is InChI=1S/C19H13F3N4O/c1-26(14-9-7-13(11-23)8-10-14)18-24-12-16(19(20,21)22)17(25-18)27-15-5-3-2-4-6-15/h2-10,12H,1H3. The molecular formula is C19H13F3N4O. The van der Waals surface area contributed by atoms with Crippen LogP contribution in [0, 0.1) is 11.3 Å². The third kappa shape index (κ3) is 4.15. The number of ether oxygens (including phenoxy) is 1. The van der Waals surface area contributed by atoms with E-state index in [9.17, 15) is 13.2 Å². The number of nitrogens with zero attached hydrogens (tertiary/aromatic N) is 4. The summed E-state index contributed by atoms with van der Waals surface area (Å²) < 4.78 is 45.2. The highest BCUT2D eigenvalue weighted by Gasteiger charge is 2.36. The highest BCUT2D eigenvalue weighted by Crippen LogP contribution is 2.37. The van der Waals surface area contributed by atoms with Gasteiger partial charge >= 0.3 is 6.18 Å². The third-order valence-electron chi connectivity index (χ3n) is 3.69. The molecule has 0 aliphatic rings. The highest BCUT2D eigenvalue weighted by atomic mass is 19.4. The molecule has 0 amide bonds. The molecule has 0 fully saturated rings. The molecule has 0 bridgehead atoms. The van der Waals surface area contributed by atoms with Crippen LogP contribution >= 0.6 is 0 Å². The Balaban J connectivity index is 1.99. The molecule has 2 aromatic carbocycles. The Kier molecular flexibility index (Phi) is 4.94. The van der Waals surface area contributed by atoms with Gasteiger partial charge in [-0.3, -0.25) is 0 Å². The van der Waals surface area contributed by atoms with E-state index in [1.165, 1.54) is 17.0 Å². The van der Waals surface area contributed by atoms with Gasteiger partial charge in [-0.15, -0.1) is 0 Å². The molecule has 27 heavy (non-hydrogen) atoms. The molecule has 0 aliphatic heterocycles. The van der Waals surface area contributed by atoms with Crippen LogP contribution in [0.2, 0.25) is 0 Å². The van der Waals surface area contributed by atoms with Gasteiger partial charge < -0.3 is 9.64 Å². The van der Waals surface area contributed by atoms with Gasteiger partial charge in [0.05, 0.1) is 11.6 Å². The lowest BCUT2D eigenvalue weighted by Gasteiger charge is -2.19. The van der Waals surface area contributed by atoms with Gasteiger partial charge in [0.25, 0.3) is 0 Å². The van der Waals surface area contributed by atoms with Gasteiger partial charge in [0, 0.05) is 18.9 Å². The zero-order valence-electron chi connectivity index (χ0n) is 14.1. The summed E-state index contributed by atoms with van der Waals surface area (Å²) in [7, 11) is 1.61. The second kappa shape index (κ2) is 7.33. The number of anilines is 2. The van der Waals surface area contributed by atoms with Crippen LogP contribution in [0.15, 0.2) is 60.8 Å². The minimum atomic E-state index is -4.66. The fourth-order valence-corrected chi connectivity index (χ4v) is 2.27. The molecule has 1 heterocycles. The summed E-state index contributed by atoms with van der Waals surface area (Å²) in [6, 6.07) is 16.6. The number of para-hydroxylation sites is 1. The van der Waals surface area contributed by atoms with E-state index in [2.05, 4.69) is 9.97 Å². The normalized spacial score (nSPS) is 10.9. The van der Waals surface area contributed by atoms with E-state index >= 15 is 0 Å². The maximum atomic E-state index is 13.3. The number of aromatic nitrogens is 2. The fraction of sp³-hybridized carbons (Fsp3) is 0.105. The van der Waals surface area contributed by atoms with Crippen molar-refractivity contribution in [3.8, 4) is 17.7 Å². The van der Waals surface area contributed by atoms with E-state index in [-0.39, 0.29) is 11.7 Å². The van der Waals surface area contributed by atoms with E-state index in [0.717, 1.165) is 0 Å². The molecule has 0 radical (unpaired) electrons. The Hall–Kier alpha value is -3.60. The average Bonchev–Trinajstić information content (AvgIpc) is 2.67. The van der Waals surface area contributed by atoms with Gasteiger partial charge in [0.1, 0.15) is 11.3 Å². The molecule has 136 valence electrons. The lowest BCUT2D eigenvalue weighted by molar-refractivity contribution is -0.139. The summed E-state index contributed by atoms with van der Waals surface area (Å²) in [5.41, 5.74) is 0.0105. The van der Waals surface area contributed by atoms with Gasteiger partial charge in [-0.25, -0.2) is 4.98 Å². The van der Waals surface area contributed by atoms with Crippen molar-refractivity contribution in [2.45, 2.75) is 6.18 Å². The number of alkyl halides is 3. The zero-order chi connectivity index (χ0) is 19.4. The molecule has 0 unspecified atom stereocenters. The summed E-state index contributed by atoms with van der Waals surface area (Å²) >= 11 is 0. The first-order chi connectivity index (χ1) is 12.9. The van der Waals surface area contributed by atoms with Gasteiger partial charge in [-0.2, -0.15) is 23.4 Å². The first-order valence-electron chi connectivity index (χ1n) is 7.79. The van der Waals surface area contributed by atoms with Gasteiger partial charge in [0.2, 0.25) is 11.8 Å². The molecule has 0 saturated heterocycles. The van der Waals surface area contributed by atoms with Crippen molar-refractivity contribution in [2.75, 3.05) is 11.9 Å². The quantitative estimate of drug-likeness (QED) is 0.652. The molecular weight excluding hydrogens is 357 g/mol. The van der Waals surface area contributed by atoms with Crippen molar-refractivity contribution < 1.29 is 17.9 Å². The predicted octanol–water partition coefficient (Wildman–Crippen LogP) is 4.93. The fourth-order valence-electron chi connectivity index (χ4n) is 2.27. The number of hydrogen-bond acceptors (Lipinski definition) is 5. The summed E-state index contributed by atoms with van der Waals surface area (Å²) in [6.45, 7) is 0. The molecule has 5 nitrogen and oxygen atoms in total. The number of hydrogen-bond donors (Lipinski definition) is 0. The number of halogens is 3. The van der Waals surface area contributed by atoms with Crippen molar-refractivity contribution in [3.63, 3.8) is 0 Å². The van der Waals surface area contributed by atoms with Crippen molar-refractivity contribution in [2.24, 2.45) is 0 Å². The Morgan fingerprint density at radius 3 is 2.30 bits per heavy atom. The minimum absolute atomic E-state index is 0.0265. The van der Waals surface area contributed by atoms with Crippen LogP contribution in [0.4, 0.5) is 24.8 Å². The van der Waals surface area contributed by atoms with Gasteiger partial charge in [-0.05, 0) is 36.4 Å². The summed E-state index contributed by atoms with van der Waals surface area (Å²) in [5.74, 6) is -0.327. The second-order valence-corrected chi connectivity index (χ2v) is 5.52. The van der Waals surface area contributed by atoms with Crippen molar-refractivity contribution in [1.29, 1.82) is 5.26 Å². The molecule has 0 atom stereocenters. The Labute approximate surface area is 153 Å². The summed E-state index contributed by atoms with van der Waals surface area (Å²) in [5, 5.41) is 8.86. The second-order valence-electron chi connectivity index (χ2n) is 5.52. The van der Waals surface area contributed by atoms with E-state index in [1.54, 1.807) is 49.5 Å². The first kappa shape index (κ1) is 18.2. The third-order valence-corrected chi connectivity index (χ3v) is 3.69.